The van der Waals surface area contributed by atoms with E-state index < -0.39 is 11.9 Å². The first-order chi connectivity index (χ1) is 14.5. The third-order valence-corrected chi connectivity index (χ3v) is 4.37. The summed E-state index contributed by atoms with van der Waals surface area (Å²) in [6.07, 6.45) is 2.69. The van der Waals surface area contributed by atoms with Gasteiger partial charge in [-0.05, 0) is 36.1 Å². The molecule has 0 saturated carbocycles. The van der Waals surface area contributed by atoms with Crippen LogP contribution in [-0.2, 0) is 27.5 Å². The van der Waals surface area contributed by atoms with Crippen LogP contribution < -0.4 is 14.8 Å². The van der Waals surface area contributed by atoms with Gasteiger partial charge in [0.25, 0.3) is 0 Å². The second-order valence-corrected chi connectivity index (χ2v) is 6.64. The van der Waals surface area contributed by atoms with Crippen LogP contribution in [0.15, 0.2) is 48.5 Å². The molecule has 0 aromatic heterocycles. The van der Waals surface area contributed by atoms with Crippen LogP contribution >= 0.6 is 0 Å². The fourth-order valence-corrected chi connectivity index (χ4v) is 2.86. The molecule has 1 aliphatic rings. The molecule has 8 nitrogen and oxygen atoms in total. The topological polar surface area (TPSA) is 114 Å². The van der Waals surface area contributed by atoms with Crippen molar-refractivity contribution in [3.8, 4) is 11.5 Å². The van der Waals surface area contributed by atoms with Crippen LogP contribution in [0.2, 0.25) is 0 Å². The number of hydrogen-bond donors (Lipinski definition) is 3. The number of benzene rings is 2. The van der Waals surface area contributed by atoms with Gasteiger partial charge in [0.2, 0.25) is 0 Å². The first kappa shape index (κ1) is 23.2. The number of methoxy groups -OCH3 is 1. The molecule has 3 rings (SSSR count). The molecule has 2 aromatic carbocycles. The third kappa shape index (κ3) is 8.10. The van der Waals surface area contributed by atoms with Gasteiger partial charge < -0.3 is 29.7 Å². The molecule has 3 N–H and O–H groups in total. The molecular formula is C22H27NO7. The Morgan fingerprint density at radius 3 is 2.40 bits per heavy atom. The highest BCUT2D eigenvalue weighted by atomic mass is 16.5. The Morgan fingerprint density at radius 2 is 1.80 bits per heavy atom. The lowest BCUT2D eigenvalue weighted by molar-refractivity contribution is -0.159. The van der Waals surface area contributed by atoms with Crippen LogP contribution in [0.1, 0.15) is 24.0 Å². The highest BCUT2D eigenvalue weighted by Gasteiger charge is 2.14. The summed E-state index contributed by atoms with van der Waals surface area (Å²) in [6.45, 7) is 3.12. The lowest BCUT2D eigenvalue weighted by Gasteiger charge is -2.14. The summed E-state index contributed by atoms with van der Waals surface area (Å²) < 4.78 is 17.0. The quantitative estimate of drug-likeness (QED) is 0.562. The second-order valence-electron chi connectivity index (χ2n) is 6.64. The minimum Gasteiger partial charge on any atom is -0.493 e. The van der Waals surface area contributed by atoms with Gasteiger partial charge in [0.05, 0.1) is 13.2 Å². The maximum absolute atomic E-state index is 9.10. The van der Waals surface area contributed by atoms with Crippen LogP contribution in [0, 0.1) is 0 Å². The van der Waals surface area contributed by atoms with E-state index in [2.05, 4.69) is 23.5 Å². The molecule has 2 aromatic rings. The highest BCUT2D eigenvalue weighted by Crippen LogP contribution is 2.29. The van der Waals surface area contributed by atoms with E-state index in [1.54, 1.807) is 7.11 Å². The lowest BCUT2D eigenvalue weighted by atomic mass is 10.2. The predicted molar refractivity (Wildman–Crippen MR) is 110 cm³/mol. The van der Waals surface area contributed by atoms with Gasteiger partial charge in [-0.1, -0.05) is 36.4 Å². The second kappa shape index (κ2) is 12.5. The molecule has 0 amide bonds. The zero-order valence-corrected chi connectivity index (χ0v) is 16.9. The Balaban J connectivity index is 0.000000469. The van der Waals surface area contributed by atoms with Crippen LogP contribution in [-0.4, -0.2) is 48.5 Å². The normalized spacial score (nSPS) is 15.0. The van der Waals surface area contributed by atoms with Crippen molar-refractivity contribution in [3.05, 3.63) is 59.7 Å². The van der Waals surface area contributed by atoms with Crippen LogP contribution in [0.5, 0.6) is 11.5 Å². The van der Waals surface area contributed by atoms with Crippen molar-refractivity contribution in [3.63, 3.8) is 0 Å². The highest BCUT2D eigenvalue weighted by molar-refractivity contribution is 6.27. The Kier molecular flexibility index (Phi) is 9.63. The van der Waals surface area contributed by atoms with Crippen molar-refractivity contribution >= 4 is 11.9 Å². The molecule has 1 unspecified atom stereocenters. The van der Waals surface area contributed by atoms with Crippen LogP contribution in [0.3, 0.4) is 0 Å². The largest absolute Gasteiger partial charge is 0.493 e. The van der Waals surface area contributed by atoms with Gasteiger partial charge >= 0.3 is 11.9 Å². The molecule has 0 spiro atoms. The van der Waals surface area contributed by atoms with Crippen LogP contribution in [0.4, 0.5) is 0 Å². The van der Waals surface area contributed by atoms with E-state index >= 15 is 0 Å². The first-order valence-electron chi connectivity index (χ1n) is 9.61. The van der Waals surface area contributed by atoms with E-state index in [1.165, 1.54) is 12.0 Å². The summed E-state index contributed by atoms with van der Waals surface area (Å²) in [5, 5.41) is 18.2. The Bertz CT molecular complexity index is 792. The molecule has 0 radical (unpaired) electrons. The molecule has 0 aliphatic carbocycles. The predicted octanol–water partition coefficient (Wildman–Crippen LogP) is 2.70. The zero-order chi connectivity index (χ0) is 21.8. The minimum absolute atomic E-state index is 0.358. The average Bonchev–Trinajstić information content (AvgIpc) is 3.27. The molecule has 1 aliphatic heterocycles. The fraction of sp³-hybridized carbons (Fsp3) is 0.364. The van der Waals surface area contributed by atoms with Crippen molar-refractivity contribution in [1.82, 2.24) is 5.32 Å². The van der Waals surface area contributed by atoms with Crippen molar-refractivity contribution in [2.45, 2.75) is 32.1 Å². The van der Waals surface area contributed by atoms with Gasteiger partial charge in [-0.3, -0.25) is 0 Å². The summed E-state index contributed by atoms with van der Waals surface area (Å²) in [7, 11) is 1.67. The van der Waals surface area contributed by atoms with Gasteiger partial charge in [-0.2, -0.15) is 0 Å². The van der Waals surface area contributed by atoms with E-state index in [0.29, 0.717) is 12.7 Å². The number of hydrogen-bond acceptors (Lipinski definition) is 6. The summed E-state index contributed by atoms with van der Waals surface area (Å²) in [5.41, 5.74) is 2.32. The number of nitrogens with one attached hydrogen (secondary N) is 1. The van der Waals surface area contributed by atoms with Crippen molar-refractivity contribution in [2.75, 3.05) is 20.3 Å². The number of aliphatic carboxylic acids is 2. The smallest absolute Gasteiger partial charge is 0.414 e. The molecule has 1 heterocycles. The van der Waals surface area contributed by atoms with E-state index in [4.69, 9.17) is 34.0 Å². The maximum atomic E-state index is 9.10. The number of carboxylic acids is 2. The zero-order valence-electron chi connectivity index (χ0n) is 16.9. The molecule has 162 valence electrons. The van der Waals surface area contributed by atoms with Gasteiger partial charge in [0.1, 0.15) is 6.61 Å². The summed E-state index contributed by atoms with van der Waals surface area (Å²) >= 11 is 0. The van der Waals surface area contributed by atoms with Crippen molar-refractivity contribution < 1.29 is 34.0 Å². The van der Waals surface area contributed by atoms with Crippen molar-refractivity contribution in [1.29, 1.82) is 0 Å². The van der Waals surface area contributed by atoms with Crippen LogP contribution in [0.25, 0.3) is 0 Å². The van der Waals surface area contributed by atoms with Gasteiger partial charge in [0, 0.05) is 19.7 Å². The standard InChI is InChI=1S/C20H25NO3.C2H2O4/c1-22-19-10-9-17(13-21-14-18-8-5-11-23-18)12-20(19)24-15-16-6-3-2-4-7-16;3-1(4)2(5)6/h2-4,6-7,9-10,12,18,21H,5,8,11,13-15H2,1H3;(H,3,4)(H,5,6). The number of rotatable bonds is 8. The molecule has 1 fully saturated rings. The molecule has 8 heteroatoms. The Labute approximate surface area is 175 Å². The molecule has 0 bridgehead atoms. The van der Waals surface area contributed by atoms with Gasteiger partial charge in [-0.15, -0.1) is 0 Å². The SMILES string of the molecule is COc1ccc(CNCC2CCCO2)cc1OCc1ccccc1.O=C(O)C(=O)O. The molecule has 1 saturated heterocycles. The average molecular weight is 417 g/mol. The van der Waals surface area contributed by atoms with E-state index in [0.717, 1.165) is 43.2 Å². The fourth-order valence-electron chi connectivity index (χ4n) is 2.86. The summed E-state index contributed by atoms with van der Waals surface area (Å²) in [4.78, 5) is 18.2. The summed E-state index contributed by atoms with van der Waals surface area (Å²) in [5.74, 6) is -2.11. The maximum Gasteiger partial charge on any atom is 0.414 e. The number of ether oxygens (including phenoxy) is 3. The molecular weight excluding hydrogens is 390 g/mol. The first-order valence-corrected chi connectivity index (χ1v) is 9.61. The summed E-state index contributed by atoms with van der Waals surface area (Å²) in [6, 6.07) is 16.2. The van der Waals surface area contributed by atoms with E-state index in [9.17, 15) is 0 Å². The monoisotopic (exact) mass is 417 g/mol. The molecule has 30 heavy (non-hydrogen) atoms. The van der Waals surface area contributed by atoms with E-state index in [1.807, 2.05) is 30.3 Å². The van der Waals surface area contributed by atoms with E-state index in [-0.39, 0.29) is 0 Å². The van der Waals surface area contributed by atoms with Gasteiger partial charge in [-0.25, -0.2) is 9.59 Å². The number of carboxylic acid groups (broad SMARTS) is 2. The Morgan fingerprint density at radius 1 is 1.07 bits per heavy atom. The Hall–Kier alpha value is -3.10. The van der Waals surface area contributed by atoms with Crippen molar-refractivity contribution in [2.24, 2.45) is 0 Å². The third-order valence-electron chi connectivity index (χ3n) is 4.37. The number of carbonyl (C=O) groups is 2. The van der Waals surface area contributed by atoms with Gasteiger partial charge in [0.15, 0.2) is 11.5 Å². The minimum atomic E-state index is -1.82. The molecule has 1 atom stereocenters. The lowest BCUT2D eigenvalue weighted by Crippen LogP contribution is -2.25.